The van der Waals surface area contributed by atoms with Crippen molar-refractivity contribution < 1.29 is 4.79 Å². The number of hydrogen-bond acceptors (Lipinski definition) is 1. The monoisotopic (exact) mass is 164 g/mol. The third-order valence-electron chi connectivity index (χ3n) is 3.42. The maximum atomic E-state index is 11.1. The molecule has 1 nitrogen and oxygen atoms in total. The SMILES string of the molecule is CC(=O)C1=CCC2CCCC2C1. The summed E-state index contributed by atoms with van der Waals surface area (Å²) in [6.45, 7) is 1.70. The Balaban J connectivity index is 2.09. The maximum absolute atomic E-state index is 11.1. The third-order valence-corrected chi connectivity index (χ3v) is 3.42. The minimum Gasteiger partial charge on any atom is -0.295 e. The minimum absolute atomic E-state index is 0.292. The Morgan fingerprint density at radius 3 is 2.92 bits per heavy atom. The van der Waals surface area contributed by atoms with Gasteiger partial charge in [-0.05, 0) is 50.0 Å². The number of rotatable bonds is 1. The average Bonchev–Trinajstić information content (AvgIpc) is 2.49. The van der Waals surface area contributed by atoms with E-state index in [9.17, 15) is 4.79 Å². The lowest BCUT2D eigenvalue weighted by Gasteiger charge is -2.23. The molecule has 0 aromatic carbocycles. The lowest BCUT2D eigenvalue weighted by Crippen LogP contribution is -2.15. The van der Waals surface area contributed by atoms with Crippen molar-refractivity contribution >= 4 is 5.78 Å². The van der Waals surface area contributed by atoms with Crippen molar-refractivity contribution in [3.05, 3.63) is 11.6 Å². The molecule has 0 aliphatic heterocycles. The van der Waals surface area contributed by atoms with E-state index in [4.69, 9.17) is 0 Å². The highest BCUT2D eigenvalue weighted by molar-refractivity contribution is 5.93. The second-order valence-corrected chi connectivity index (χ2v) is 4.18. The first-order chi connectivity index (χ1) is 5.77. The highest BCUT2D eigenvalue weighted by Gasteiger charge is 2.30. The molecule has 0 N–H and O–H groups in total. The van der Waals surface area contributed by atoms with Gasteiger partial charge < -0.3 is 0 Å². The molecule has 0 saturated heterocycles. The molecule has 2 aliphatic rings. The summed E-state index contributed by atoms with van der Waals surface area (Å²) in [5, 5.41) is 0. The molecule has 2 atom stereocenters. The molecule has 0 aromatic heterocycles. The highest BCUT2D eigenvalue weighted by atomic mass is 16.1. The van der Waals surface area contributed by atoms with Crippen LogP contribution < -0.4 is 0 Å². The minimum atomic E-state index is 0.292. The molecule has 0 radical (unpaired) electrons. The molecule has 12 heavy (non-hydrogen) atoms. The van der Waals surface area contributed by atoms with Crippen molar-refractivity contribution in [2.24, 2.45) is 11.8 Å². The van der Waals surface area contributed by atoms with Gasteiger partial charge in [0.2, 0.25) is 0 Å². The van der Waals surface area contributed by atoms with Gasteiger partial charge in [-0.25, -0.2) is 0 Å². The number of hydrogen-bond donors (Lipinski definition) is 0. The van der Waals surface area contributed by atoms with Crippen LogP contribution in [0.25, 0.3) is 0 Å². The number of Topliss-reactive ketones (excluding diaryl/α,β-unsaturated/α-hetero) is 1. The Bertz CT molecular complexity index is 227. The zero-order valence-electron chi connectivity index (χ0n) is 7.68. The van der Waals surface area contributed by atoms with Crippen molar-refractivity contribution in [2.75, 3.05) is 0 Å². The summed E-state index contributed by atoms with van der Waals surface area (Å²) < 4.78 is 0. The molecule has 0 spiro atoms. The Morgan fingerprint density at radius 1 is 1.42 bits per heavy atom. The van der Waals surface area contributed by atoms with Crippen molar-refractivity contribution in [3.8, 4) is 0 Å². The molecule has 0 bridgehead atoms. The first-order valence-electron chi connectivity index (χ1n) is 4.97. The van der Waals surface area contributed by atoms with E-state index in [2.05, 4.69) is 6.08 Å². The largest absolute Gasteiger partial charge is 0.295 e. The van der Waals surface area contributed by atoms with Gasteiger partial charge in [-0.3, -0.25) is 4.79 Å². The molecule has 66 valence electrons. The van der Waals surface area contributed by atoms with E-state index in [0.717, 1.165) is 23.8 Å². The maximum Gasteiger partial charge on any atom is 0.155 e. The fraction of sp³-hybridized carbons (Fsp3) is 0.727. The van der Waals surface area contributed by atoms with Crippen LogP contribution in [-0.2, 0) is 4.79 Å². The van der Waals surface area contributed by atoms with Crippen molar-refractivity contribution in [3.63, 3.8) is 0 Å². The summed E-state index contributed by atoms with van der Waals surface area (Å²) in [5.74, 6) is 2.04. The van der Waals surface area contributed by atoms with Crippen LogP contribution in [-0.4, -0.2) is 5.78 Å². The smallest absolute Gasteiger partial charge is 0.155 e. The van der Waals surface area contributed by atoms with Crippen molar-refractivity contribution in [2.45, 2.75) is 39.0 Å². The van der Waals surface area contributed by atoms with Gasteiger partial charge >= 0.3 is 0 Å². The van der Waals surface area contributed by atoms with Crippen LogP contribution in [0.5, 0.6) is 0 Å². The number of carbonyl (C=O) groups is 1. The Labute approximate surface area is 73.8 Å². The first kappa shape index (κ1) is 8.03. The first-order valence-corrected chi connectivity index (χ1v) is 4.97. The van der Waals surface area contributed by atoms with Crippen molar-refractivity contribution in [1.82, 2.24) is 0 Å². The van der Waals surface area contributed by atoms with Gasteiger partial charge in [-0.15, -0.1) is 0 Å². The van der Waals surface area contributed by atoms with Gasteiger partial charge in [0.15, 0.2) is 5.78 Å². The van der Waals surface area contributed by atoms with E-state index >= 15 is 0 Å². The molecule has 1 saturated carbocycles. The molecule has 1 fully saturated rings. The lowest BCUT2D eigenvalue weighted by atomic mass is 9.81. The van der Waals surface area contributed by atoms with E-state index < -0.39 is 0 Å². The number of allylic oxidation sites excluding steroid dienone is 2. The summed E-state index contributed by atoms with van der Waals surface area (Å²) in [7, 11) is 0. The zero-order valence-corrected chi connectivity index (χ0v) is 7.68. The standard InChI is InChI=1S/C11H16O/c1-8(12)10-6-5-9-3-2-4-11(9)7-10/h6,9,11H,2-5,7H2,1H3. The topological polar surface area (TPSA) is 17.1 Å². The predicted molar refractivity (Wildman–Crippen MR) is 48.8 cm³/mol. The number of carbonyl (C=O) groups excluding carboxylic acids is 1. The Morgan fingerprint density at radius 2 is 2.17 bits per heavy atom. The van der Waals surface area contributed by atoms with Crippen molar-refractivity contribution in [1.29, 1.82) is 0 Å². The fourth-order valence-electron chi connectivity index (χ4n) is 2.64. The second-order valence-electron chi connectivity index (χ2n) is 4.18. The zero-order chi connectivity index (χ0) is 8.55. The molecular formula is C11H16O. The van der Waals surface area contributed by atoms with E-state index in [1.165, 1.54) is 25.7 Å². The van der Waals surface area contributed by atoms with E-state index in [0.29, 0.717) is 5.78 Å². The molecule has 0 heterocycles. The van der Waals surface area contributed by atoms with Gasteiger partial charge in [0.1, 0.15) is 0 Å². The number of fused-ring (bicyclic) bond motifs is 1. The summed E-state index contributed by atoms with van der Waals surface area (Å²) in [5.41, 5.74) is 1.10. The third kappa shape index (κ3) is 1.33. The Kier molecular flexibility index (Phi) is 2.03. The predicted octanol–water partition coefficient (Wildman–Crippen LogP) is 2.71. The quantitative estimate of drug-likeness (QED) is 0.582. The van der Waals surface area contributed by atoms with Gasteiger partial charge in [0.25, 0.3) is 0 Å². The normalized spacial score (nSPS) is 34.2. The van der Waals surface area contributed by atoms with Gasteiger partial charge in [0.05, 0.1) is 0 Å². The summed E-state index contributed by atoms with van der Waals surface area (Å²) in [6, 6.07) is 0. The van der Waals surface area contributed by atoms with E-state index in [1.54, 1.807) is 6.92 Å². The Hall–Kier alpha value is -0.590. The van der Waals surface area contributed by atoms with Crippen LogP contribution in [0.15, 0.2) is 11.6 Å². The van der Waals surface area contributed by atoms with Crippen LogP contribution in [0.1, 0.15) is 39.0 Å². The molecule has 2 unspecified atom stereocenters. The van der Waals surface area contributed by atoms with Gasteiger partial charge in [0, 0.05) is 0 Å². The summed E-state index contributed by atoms with van der Waals surface area (Å²) in [6.07, 6.45) is 8.55. The fourth-order valence-corrected chi connectivity index (χ4v) is 2.64. The van der Waals surface area contributed by atoms with Gasteiger partial charge in [-0.2, -0.15) is 0 Å². The number of ketones is 1. The lowest BCUT2D eigenvalue weighted by molar-refractivity contribution is -0.114. The highest BCUT2D eigenvalue weighted by Crippen LogP contribution is 2.41. The summed E-state index contributed by atoms with van der Waals surface area (Å²) >= 11 is 0. The van der Waals surface area contributed by atoms with Crippen LogP contribution in [0.3, 0.4) is 0 Å². The van der Waals surface area contributed by atoms with Gasteiger partial charge in [-0.1, -0.05) is 12.5 Å². The molecule has 1 heteroatoms. The molecule has 2 aliphatic carbocycles. The van der Waals surface area contributed by atoms with E-state index in [-0.39, 0.29) is 0 Å². The molecule has 2 rings (SSSR count). The molecular weight excluding hydrogens is 148 g/mol. The van der Waals surface area contributed by atoms with Crippen LogP contribution in [0, 0.1) is 11.8 Å². The summed E-state index contributed by atoms with van der Waals surface area (Å²) in [4.78, 5) is 11.1. The molecule has 0 aromatic rings. The second kappa shape index (κ2) is 3.04. The van der Waals surface area contributed by atoms with Crippen LogP contribution >= 0.6 is 0 Å². The van der Waals surface area contributed by atoms with E-state index in [1.807, 2.05) is 0 Å². The van der Waals surface area contributed by atoms with Crippen LogP contribution in [0.4, 0.5) is 0 Å². The molecule has 0 amide bonds. The average molecular weight is 164 g/mol. The van der Waals surface area contributed by atoms with Crippen LogP contribution in [0.2, 0.25) is 0 Å².